The number of ether oxygens (including phenoxy) is 1. The number of aryl methyl sites for hydroxylation is 1. The summed E-state index contributed by atoms with van der Waals surface area (Å²) in [4.78, 5) is 13.1. The lowest BCUT2D eigenvalue weighted by Gasteiger charge is -2.31. The molecule has 1 aromatic carbocycles. The van der Waals surface area contributed by atoms with Crippen molar-refractivity contribution in [1.29, 1.82) is 0 Å². The Morgan fingerprint density at radius 3 is 2.52 bits per heavy atom. The van der Waals surface area contributed by atoms with Crippen LogP contribution in [0.1, 0.15) is 62.9 Å². The smallest absolute Gasteiger partial charge is 0.166 e. The highest BCUT2D eigenvalue weighted by molar-refractivity contribution is 5.99. The number of fused-ring (bicyclic) bond motifs is 1. The van der Waals surface area contributed by atoms with Crippen molar-refractivity contribution in [2.24, 2.45) is 11.8 Å². The zero-order valence-electron chi connectivity index (χ0n) is 13.6. The van der Waals surface area contributed by atoms with E-state index >= 15 is 0 Å². The SMILES string of the molecule is CC1(C)CC(C2CCCc3ccccc3C2=O)C(C)(C)O1. The second-order valence-corrected chi connectivity index (χ2v) is 7.80. The van der Waals surface area contributed by atoms with Gasteiger partial charge in [-0.1, -0.05) is 24.3 Å². The Bertz CT molecular complexity index is 556. The minimum absolute atomic E-state index is 0.102. The van der Waals surface area contributed by atoms with E-state index in [1.165, 1.54) is 5.56 Å². The summed E-state index contributed by atoms with van der Waals surface area (Å²) in [6, 6.07) is 8.14. The molecule has 1 heterocycles. The van der Waals surface area contributed by atoms with E-state index in [2.05, 4.69) is 33.8 Å². The summed E-state index contributed by atoms with van der Waals surface area (Å²) in [6.45, 7) is 8.58. The highest BCUT2D eigenvalue weighted by Gasteiger charge is 2.50. The molecule has 2 unspecified atom stereocenters. The Morgan fingerprint density at radius 1 is 1.14 bits per heavy atom. The summed E-state index contributed by atoms with van der Waals surface area (Å²) in [5.41, 5.74) is 1.82. The van der Waals surface area contributed by atoms with Gasteiger partial charge in [-0.05, 0) is 58.9 Å². The molecule has 1 aliphatic carbocycles. The number of hydrogen-bond acceptors (Lipinski definition) is 2. The number of benzene rings is 1. The molecule has 1 aliphatic heterocycles. The Balaban J connectivity index is 1.95. The van der Waals surface area contributed by atoms with Crippen LogP contribution in [0.15, 0.2) is 24.3 Å². The van der Waals surface area contributed by atoms with Crippen LogP contribution in [0.25, 0.3) is 0 Å². The highest BCUT2D eigenvalue weighted by Crippen LogP contribution is 2.48. The second kappa shape index (κ2) is 4.95. The molecule has 1 fully saturated rings. The Morgan fingerprint density at radius 2 is 1.86 bits per heavy atom. The van der Waals surface area contributed by atoms with Crippen molar-refractivity contribution >= 4 is 5.78 Å². The van der Waals surface area contributed by atoms with Crippen molar-refractivity contribution in [3.8, 4) is 0 Å². The van der Waals surface area contributed by atoms with Gasteiger partial charge in [0.05, 0.1) is 11.2 Å². The van der Waals surface area contributed by atoms with Gasteiger partial charge in [0.1, 0.15) is 0 Å². The zero-order valence-corrected chi connectivity index (χ0v) is 13.6. The first-order chi connectivity index (χ1) is 9.80. The minimum atomic E-state index is -0.219. The average Bonchev–Trinajstić information content (AvgIpc) is 2.53. The Hall–Kier alpha value is -1.15. The molecular formula is C19H26O2. The molecule has 0 N–H and O–H groups in total. The topological polar surface area (TPSA) is 26.3 Å². The van der Waals surface area contributed by atoms with Crippen LogP contribution in [0.4, 0.5) is 0 Å². The molecule has 1 aromatic rings. The van der Waals surface area contributed by atoms with E-state index in [0.717, 1.165) is 31.2 Å². The first-order valence-corrected chi connectivity index (χ1v) is 8.12. The number of ketones is 1. The predicted molar refractivity (Wildman–Crippen MR) is 84.6 cm³/mol. The van der Waals surface area contributed by atoms with Crippen molar-refractivity contribution in [3.63, 3.8) is 0 Å². The van der Waals surface area contributed by atoms with Crippen molar-refractivity contribution < 1.29 is 9.53 Å². The van der Waals surface area contributed by atoms with Crippen LogP contribution >= 0.6 is 0 Å². The van der Waals surface area contributed by atoms with Gasteiger partial charge < -0.3 is 4.74 Å². The van der Waals surface area contributed by atoms with Crippen molar-refractivity contribution in [1.82, 2.24) is 0 Å². The Labute approximate surface area is 127 Å². The molecular weight excluding hydrogens is 260 g/mol. The summed E-state index contributed by atoms with van der Waals surface area (Å²) >= 11 is 0. The van der Waals surface area contributed by atoms with Crippen molar-refractivity contribution in [3.05, 3.63) is 35.4 Å². The number of hydrogen-bond donors (Lipinski definition) is 0. The molecule has 2 aliphatic rings. The van der Waals surface area contributed by atoms with Crippen molar-refractivity contribution in [2.45, 2.75) is 64.6 Å². The van der Waals surface area contributed by atoms with E-state index in [1.807, 2.05) is 18.2 Å². The monoisotopic (exact) mass is 286 g/mol. The van der Waals surface area contributed by atoms with Gasteiger partial charge in [-0.15, -0.1) is 0 Å². The van der Waals surface area contributed by atoms with Gasteiger partial charge in [-0.25, -0.2) is 0 Å². The van der Waals surface area contributed by atoms with Gasteiger partial charge >= 0.3 is 0 Å². The van der Waals surface area contributed by atoms with E-state index in [4.69, 9.17) is 4.74 Å². The zero-order chi connectivity index (χ0) is 15.3. The van der Waals surface area contributed by atoms with E-state index < -0.39 is 0 Å². The van der Waals surface area contributed by atoms with Crippen LogP contribution in [0.5, 0.6) is 0 Å². The fourth-order valence-electron chi connectivity index (χ4n) is 4.44. The Kier molecular flexibility index (Phi) is 3.48. The molecule has 0 spiro atoms. The largest absolute Gasteiger partial charge is 0.369 e. The van der Waals surface area contributed by atoms with Crippen LogP contribution in [-0.4, -0.2) is 17.0 Å². The van der Waals surface area contributed by atoms with E-state index in [9.17, 15) is 4.79 Å². The standard InChI is InChI=1S/C19H26O2/c1-18(2)12-16(19(3,4)21-18)15-11-7-9-13-8-5-6-10-14(13)17(15)20/h5-6,8,10,15-16H,7,9,11-12H2,1-4H3. The van der Waals surface area contributed by atoms with Gasteiger partial charge in [0.15, 0.2) is 5.78 Å². The third-order valence-electron chi connectivity index (χ3n) is 5.21. The first-order valence-electron chi connectivity index (χ1n) is 8.12. The van der Waals surface area contributed by atoms with E-state index in [1.54, 1.807) is 0 Å². The fraction of sp³-hybridized carbons (Fsp3) is 0.632. The third kappa shape index (κ3) is 2.66. The molecule has 0 amide bonds. The average molecular weight is 286 g/mol. The molecule has 0 radical (unpaired) electrons. The highest BCUT2D eigenvalue weighted by atomic mass is 16.5. The maximum atomic E-state index is 13.1. The van der Waals surface area contributed by atoms with Crippen LogP contribution in [0, 0.1) is 11.8 Å². The third-order valence-corrected chi connectivity index (χ3v) is 5.21. The minimum Gasteiger partial charge on any atom is -0.369 e. The van der Waals surface area contributed by atoms with Crippen LogP contribution in [0.3, 0.4) is 0 Å². The lowest BCUT2D eigenvalue weighted by Crippen LogP contribution is -2.36. The summed E-state index contributed by atoms with van der Waals surface area (Å²) in [5.74, 6) is 0.749. The maximum absolute atomic E-state index is 13.1. The number of carbonyl (C=O) groups is 1. The summed E-state index contributed by atoms with van der Waals surface area (Å²) in [6.07, 6.45) is 4.08. The summed E-state index contributed by atoms with van der Waals surface area (Å²) < 4.78 is 6.23. The van der Waals surface area contributed by atoms with Crippen LogP contribution in [-0.2, 0) is 11.2 Å². The number of rotatable bonds is 1. The summed E-state index contributed by atoms with van der Waals surface area (Å²) in [5, 5.41) is 0. The van der Waals surface area contributed by atoms with Gasteiger partial charge in [-0.3, -0.25) is 4.79 Å². The first kappa shape index (κ1) is 14.8. The molecule has 1 saturated heterocycles. The fourth-order valence-corrected chi connectivity index (χ4v) is 4.44. The molecule has 114 valence electrons. The van der Waals surface area contributed by atoms with Crippen molar-refractivity contribution in [2.75, 3.05) is 0 Å². The second-order valence-electron chi connectivity index (χ2n) is 7.80. The molecule has 2 atom stereocenters. The van der Waals surface area contributed by atoms with E-state index in [0.29, 0.717) is 11.7 Å². The van der Waals surface area contributed by atoms with E-state index in [-0.39, 0.29) is 17.1 Å². The molecule has 2 heteroatoms. The van der Waals surface area contributed by atoms with Crippen LogP contribution < -0.4 is 0 Å². The normalized spacial score (nSPS) is 30.8. The molecule has 21 heavy (non-hydrogen) atoms. The molecule has 2 nitrogen and oxygen atoms in total. The van der Waals surface area contributed by atoms with Gasteiger partial charge in [-0.2, -0.15) is 0 Å². The quantitative estimate of drug-likeness (QED) is 0.715. The molecule has 0 bridgehead atoms. The van der Waals surface area contributed by atoms with Crippen LogP contribution in [0.2, 0.25) is 0 Å². The predicted octanol–water partition coefficient (Wildman–Crippen LogP) is 4.42. The van der Waals surface area contributed by atoms with Gasteiger partial charge in [0, 0.05) is 17.4 Å². The number of carbonyl (C=O) groups excluding carboxylic acids is 1. The van der Waals surface area contributed by atoms with Gasteiger partial charge in [0.25, 0.3) is 0 Å². The summed E-state index contributed by atoms with van der Waals surface area (Å²) in [7, 11) is 0. The lowest BCUT2D eigenvalue weighted by atomic mass is 9.73. The lowest BCUT2D eigenvalue weighted by molar-refractivity contribution is -0.0788. The molecule has 3 rings (SSSR count). The number of Topliss-reactive ketones (excluding diaryl/α,β-unsaturated/α-hetero) is 1. The van der Waals surface area contributed by atoms with Gasteiger partial charge in [0.2, 0.25) is 0 Å². The molecule has 0 saturated carbocycles. The molecule has 0 aromatic heterocycles. The maximum Gasteiger partial charge on any atom is 0.166 e.